The number of nitrogens with one attached hydrogen (secondary N) is 2. The van der Waals surface area contributed by atoms with E-state index in [2.05, 4.69) is 15.8 Å². The molecule has 3 rings (SSSR count). The second-order valence-corrected chi connectivity index (χ2v) is 5.96. The summed E-state index contributed by atoms with van der Waals surface area (Å²) in [5.74, 6) is -1.50. The fourth-order valence-corrected chi connectivity index (χ4v) is 2.21. The van der Waals surface area contributed by atoms with Crippen LogP contribution >= 0.6 is 0 Å². The maximum absolute atomic E-state index is 12.1. The van der Waals surface area contributed by atoms with Gasteiger partial charge in [-0.05, 0) is 44.0 Å². The maximum atomic E-state index is 12.1. The van der Waals surface area contributed by atoms with Crippen molar-refractivity contribution in [3.05, 3.63) is 47.3 Å². The molecule has 1 aromatic heterocycles. The first-order chi connectivity index (χ1) is 11.9. The molecule has 1 fully saturated rings. The molecule has 25 heavy (non-hydrogen) atoms. The number of aromatic nitrogens is 1. The summed E-state index contributed by atoms with van der Waals surface area (Å²) in [6, 6.07) is 6.75. The zero-order valence-corrected chi connectivity index (χ0v) is 13.5. The van der Waals surface area contributed by atoms with Crippen LogP contribution in [0.15, 0.2) is 34.9 Å². The van der Waals surface area contributed by atoms with Crippen molar-refractivity contribution in [2.75, 3.05) is 5.32 Å². The Morgan fingerprint density at radius 1 is 1.20 bits per heavy atom. The van der Waals surface area contributed by atoms with Crippen LogP contribution in [0, 0.1) is 0 Å². The van der Waals surface area contributed by atoms with Crippen molar-refractivity contribution in [2.24, 2.45) is 0 Å². The summed E-state index contributed by atoms with van der Waals surface area (Å²) in [6.07, 6.45) is 2.13. The fraction of sp³-hybridized carbons (Fsp3) is 0.294. The molecule has 1 unspecified atom stereocenters. The first-order valence-electron chi connectivity index (χ1n) is 7.85. The summed E-state index contributed by atoms with van der Waals surface area (Å²) in [6.45, 7) is 1.38. The molecular formula is C17H17N3O5. The van der Waals surface area contributed by atoms with Crippen molar-refractivity contribution in [2.45, 2.75) is 31.7 Å². The lowest BCUT2D eigenvalue weighted by Gasteiger charge is -2.09. The van der Waals surface area contributed by atoms with Gasteiger partial charge in [0.15, 0.2) is 0 Å². The number of hydrogen-bond donors (Lipinski definition) is 3. The molecule has 0 saturated heterocycles. The second-order valence-electron chi connectivity index (χ2n) is 5.96. The molecule has 1 heterocycles. The predicted molar refractivity (Wildman–Crippen MR) is 87.4 cm³/mol. The van der Waals surface area contributed by atoms with Crippen LogP contribution in [0.5, 0.6) is 0 Å². The molecule has 8 heteroatoms. The molecule has 0 aliphatic heterocycles. The molecule has 1 aromatic carbocycles. The molecular weight excluding hydrogens is 326 g/mol. The number of carboxylic acid groups (broad SMARTS) is 1. The highest BCUT2D eigenvalue weighted by Gasteiger charge is 2.28. The van der Waals surface area contributed by atoms with Gasteiger partial charge in [0.2, 0.25) is 5.76 Å². The van der Waals surface area contributed by atoms with Crippen molar-refractivity contribution < 1.29 is 24.0 Å². The number of rotatable bonds is 6. The number of anilines is 1. The van der Waals surface area contributed by atoms with E-state index in [-0.39, 0.29) is 5.76 Å². The summed E-state index contributed by atoms with van der Waals surface area (Å²) < 4.78 is 5.05. The van der Waals surface area contributed by atoms with Gasteiger partial charge in [-0.15, -0.1) is 0 Å². The molecule has 130 valence electrons. The third kappa shape index (κ3) is 4.03. The topological polar surface area (TPSA) is 122 Å². The molecule has 0 radical (unpaired) electrons. The molecule has 1 saturated carbocycles. The van der Waals surface area contributed by atoms with Gasteiger partial charge in [-0.3, -0.25) is 14.4 Å². The minimum Gasteiger partial charge on any atom is -0.480 e. The van der Waals surface area contributed by atoms with Crippen molar-refractivity contribution in [1.29, 1.82) is 0 Å². The third-order valence-corrected chi connectivity index (χ3v) is 3.87. The molecule has 3 N–H and O–H groups in total. The van der Waals surface area contributed by atoms with Gasteiger partial charge < -0.3 is 20.3 Å². The Hall–Kier alpha value is -3.16. The highest BCUT2D eigenvalue weighted by molar-refractivity contribution is 6.02. The molecule has 8 nitrogen and oxygen atoms in total. The number of carbonyl (C=O) groups is 3. The Balaban J connectivity index is 1.60. The smallest absolute Gasteiger partial charge is 0.325 e. The largest absolute Gasteiger partial charge is 0.480 e. The van der Waals surface area contributed by atoms with Gasteiger partial charge in [-0.1, -0.05) is 5.16 Å². The van der Waals surface area contributed by atoms with E-state index in [9.17, 15) is 14.4 Å². The van der Waals surface area contributed by atoms with E-state index in [4.69, 9.17) is 9.63 Å². The first kappa shape index (κ1) is 16.7. The number of hydrogen-bond acceptors (Lipinski definition) is 5. The SMILES string of the molecule is CC(NC(=O)c1ccc(NC(=O)c2cc(C3CC3)no2)cc1)C(=O)O. The normalized spacial score (nSPS) is 14.6. The Kier molecular flexibility index (Phi) is 4.51. The number of nitrogens with zero attached hydrogens (tertiary/aromatic N) is 1. The zero-order valence-electron chi connectivity index (χ0n) is 13.5. The quantitative estimate of drug-likeness (QED) is 0.737. The third-order valence-electron chi connectivity index (χ3n) is 3.87. The van der Waals surface area contributed by atoms with Crippen LogP contribution in [0.4, 0.5) is 5.69 Å². The Morgan fingerprint density at radius 3 is 2.48 bits per heavy atom. The molecule has 2 aromatic rings. The predicted octanol–water partition coefficient (Wildman–Crippen LogP) is 2.01. The van der Waals surface area contributed by atoms with Gasteiger partial charge in [-0.25, -0.2) is 0 Å². The second kappa shape index (κ2) is 6.76. The minimum absolute atomic E-state index is 0.138. The van der Waals surface area contributed by atoms with Gasteiger partial charge in [0.1, 0.15) is 6.04 Å². The fourth-order valence-electron chi connectivity index (χ4n) is 2.21. The first-order valence-corrected chi connectivity index (χ1v) is 7.85. The lowest BCUT2D eigenvalue weighted by Crippen LogP contribution is -2.38. The van der Waals surface area contributed by atoms with Crippen LogP contribution < -0.4 is 10.6 Å². The van der Waals surface area contributed by atoms with Crippen LogP contribution in [0.1, 0.15) is 52.3 Å². The van der Waals surface area contributed by atoms with Gasteiger partial charge in [0.25, 0.3) is 11.8 Å². The van der Waals surface area contributed by atoms with E-state index in [1.165, 1.54) is 19.1 Å². The zero-order chi connectivity index (χ0) is 18.0. The standard InChI is InChI=1S/C17H17N3O5/c1-9(17(23)24)18-15(21)11-4-6-12(7-5-11)19-16(22)14-8-13(20-25-14)10-2-3-10/h4-10H,2-3H2,1H3,(H,18,21)(H,19,22)(H,23,24). The Labute approximate surface area is 143 Å². The average molecular weight is 343 g/mol. The maximum Gasteiger partial charge on any atom is 0.325 e. The van der Waals surface area contributed by atoms with E-state index in [1.54, 1.807) is 18.2 Å². The van der Waals surface area contributed by atoms with Gasteiger partial charge in [0.05, 0.1) is 5.69 Å². The number of benzene rings is 1. The lowest BCUT2D eigenvalue weighted by molar-refractivity contribution is -0.138. The van der Waals surface area contributed by atoms with Crippen molar-refractivity contribution in [3.63, 3.8) is 0 Å². The van der Waals surface area contributed by atoms with Crippen molar-refractivity contribution >= 4 is 23.5 Å². The number of amides is 2. The summed E-state index contributed by atoms with van der Waals surface area (Å²) in [5, 5.41) is 17.7. The van der Waals surface area contributed by atoms with Crippen LogP contribution in [-0.4, -0.2) is 34.1 Å². The van der Waals surface area contributed by atoms with E-state index >= 15 is 0 Å². The van der Waals surface area contributed by atoms with Crippen LogP contribution in [-0.2, 0) is 4.79 Å². The Morgan fingerprint density at radius 2 is 1.88 bits per heavy atom. The van der Waals surface area contributed by atoms with E-state index in [0.29, 0.717) is 17.2 Å². The molecule has 1 aliphatic carbocycles. The number of aliphatic carboxylic acids is 1. The van der Waals surface area contributed by atoms with E-state index < -0.39 is 23.8 Å². The van der Waals surface area contributed by atoms with Gasteiger partial charge in [-0.2, -0.15) is 0 Å². The highest BCUT2D eigenvalue weighted by atomic mass is 16.5. The molecule has 0 bridgehead atoms. The van der Waals surface area contributed by atoms with Gasteiger partial charge in [0, 0.05) is 23.2 Å². The minimum atomic E-state index is -1.12. The van der Waals surface area contributed by atoms with Crippen molar-refractivity contribution in [1.82, 2.24) is 10.5 Å². The van der Waals surface area contributed by atoms with E-state index in [0.717, 1.165) is 18.5 Å². The summed E-state index contributed by atoms with van der Waals surface area (Å²) in [5.41, 5.74) is 1.57. The number of carbonyl (C=O) groups excluding carboxylic acids is 2. The van der Waals surface area contributed by atoms with Crippen molar-refractivity contribution in [3.8, 4) is 0 Å². The monoisotopic (exact) mass is 343 g/mol. The molecule has 1 aliphatic rings. The van der Waals surface area contributed by atoms with Crippen LogP contribution in [0.3, 0.4) is 0 Å². The summed E-state index contributed by atoms with van der Waals surface area (Å²) in [7, 11) is 0. The highest BCUT2D eigenvalue weighted by Crippen LogP contribution is 2.39. The van der Waals surface area contributed by atoms with Crippen LogP contribution in [0.2, 0.25) is 0 Å². The average Bonchev–Trinajstić information content (AvgIpc) is 3.32. The molecule has 0 spiro atoms. The lowest BCUT2D eigenvalue weighted by atomic mass is 10.1. The summed E-state index contributed by atoms with van der Waals surface area (Å²) in [4.78, 5) is 34.8. The molecule has 1 atom stereocenters. The Bertz CT molecular complexity index is 808. The van der Waals surface area contributed by atoms with E-state index in [1.807, 2.05) is 0 Å². The van der Waals surface area contributed by atoms with Crippen LogP contribution in [0.25, 0.3) is 0 Å². The molecule has 2 amide bonds. The summed E-state index contributed by atoms with van der Waals surface area (Å²) >= 11 is 0. The number of carboxylic acids is 1. The van der Waals surface area contributed by atoms with Gasteiger partial charge >= 0.3 is 5.97 Å².